The first kappa shape index (κ1) is 22.4. The van der Waals surface area contributed by atoms with E-state index in [4.69, 9.17) is 14.7 Å². The van der Waals surface area contributed by atoms with E-state index in [1.807, 2.05) is 6.07 Å². The van der Waals surface area contributed by atoms with Crippen LogP contribution in [0, 0.1) is 17.1 Å². The van der Waals surface area contributed by atoms with Gasteiger partial charge in [-0.2, -0.15) is 5.26 Å². The van der Waals surface area contributed by atoms with Crippen LogP contribution < -0.4 is 4.74 Å². The lowest BCUT2D eigenvalue weighted by molar-refractivity contribution is 0.0435. The molecule has 0 saturated heterocycles. The van der Waals surface area contributed by atoms with Gasteiger partial charge in [-0.3, -0.25) is 0 Å². The largest absolute Gasteiger partial charge is 0.491 e. The van der Waals surface area contributed by atoms with E-state index in [-0.39, 0.29) is 5.75 Å². The van der Waals surface area contributed by atoms with Crippen LogP contribution in [0.2, 0.25) is 0 Å². The average Bonchev–Trinajstić information content (AvgIpc) is 2.74. The maximum atomic E-state index is 14.4. The Kier molecular flexibility index (Phi) is 9.17. The van der Waals surface area contributed by atoms with Gasteiger partial charge >= 0.3 is 5.97 Å². The van der Waals surface area contributed by atoms with Gasteiger partial charge in [-0.25, -0.2) is 9.18 Å². The number of hydrogen-bond donors (Lipinski definition) is 0. The van der Waals surface area contributed by atoms with Gasteiger partial charge in [0.15, 0.2) is 17.7 Å². The smallest absolute Gasteiger partial charge is 0.339 e. The zero-order chi connectivity index (χ0) is 21.1. The molecule has 4 nitrogen and oxygen atoms in total. The fourth-order valence-electron chi connectivity index (χ4n) is 2.92. The number of hydrogen-bond acceptors (Lipinski definition) is 4. The van der Waals surface area contributed by atoms with Crippen molar-refractivity contribution in [3.63, 3.8) is 0 Å². The molecule has 0 aliphatic heterocycles. The first-order valence-electron chi connectivity index (χ1n) is 10.2. The summed E-state index contributed by atoms with van der Waals surface area (Å²) in [6.07, 6.45) is 6.14. The predicted molar refractivity (Wildman–Crippen MR) is 111 cm³/mol. The van der Waals surface area contributed by atoms with Gasteiger partial charge in [0, 0.05) is 0 Å². The van der Waals surface area contributed by atoms with Crippen LogP contribution in [-0.4, -0.2) is 18.7 Å². The van der Waals surface area contributed by atoms with Crippen molar-refractivity contribution in [2.75, 3.05) is 6.61 Å². The number of esters is 1. The fourth-order valence-corrected chi connectivity index (χ4v) is 2.92. The molecule has 0 spiro atoms. The highest BCUT2D eigenvalue weighted by molar-refractivity contribution is 5.90. The van der Waals surface area contributed by atoms with Crippen LogP contribution in [-0.2, 0) is 4.74 Å². The summed E-state index contributed by atoms with van der Waals surface area (Å²) in [5, 5.41) is 8.71. The molecule has 0 bridgehead atoms. The highest BCUT2D eigenvalue weighted by Gasteiger charge is 2.12. The second kappa shape index (κ2) is 11.9. The van der Waals surface area contributed by atoms with Crippen molar-refractivity contribution in [1.29, 1.82) is 5.26 Å². The van der Waals surface area contributed by atoms with E-state index in [9.17, 15) is 9.18 Å². The molecular weight excluding hydrogens is 369 g/mol. The molecule has 0 aromatic heterocycles. The van der Waals surface area contributed by atoms with Crippen LogP contribution in [0.4, 0.5) is 4.39 Å². The molecule has 0 radical (unpaired) electrons. The number of rotatable bonds is 11. The third kappa shape index (κ3) is 7.23. The Bertz CT molecular complexity index is 827. The van der Waals surface area contributed by atoms with Crippen molar-refractivity contribution in [3.8, 4) is 22.9 Å². The molecule has 0 unspecified atom stereocenters. The predicted octanol–water partition coefficient (Wildman–Crippen LogP) is 6.30. The van der Waals surface area contributed by atoms with E-state index in [0.717, 1.165) is 18.4 Å². The number of unbranched alkanes of at least 4 members (excludes halogenated alkanes) is 5. The third-order valence-corrected chi connectivity index (χ3v) is 4.61. The van der Waals surface area contributed by atoms with Gasteiger partial charge < -0.3 is 9.47 Å². The Labute approximate surface area is 172 Å². The standard InChI is InChI=1S/C24H28FNO3/c1-3-4-5-6-7-8-15-28-23-14-13-21(16-22(23)25)19-9-11-20(12-10-19)24(27)29-18(2)17-26/h9-14,16,18H,3-8,15H2,1-2H3/t18-/m0/s1. The van der Waals surface area contributed by atoms with Crippen molar-refractivity contribution in [2.45, 2.75) is 58.5 Å². The molecule has 2 aromatic carbocycles. The molecule has 0 amide bonds. The molecular formula is C24H28FNO3. The minimum absolute atomic E-state index is 0.257. The van der Waals surface area contributed by atoms with E-state index < -0.39 is 17.9 Å². The van der Waals surface area contributed by atoms with Crippen LogP contribution in [0.3, 0.4) is 0 Å². The summed E-state index contributed by atoms with van der Waals surface area (Å²) in [6.45, 7) is 4.21. The molecule has 0 fully saturated rings. The number of carbonyl (C=O) groups excluding carboxylic acids is 1. The SMILES string of the molecule is CCCCCCCCOc1ccc(-c2ccc(C(=O)O[C@@H](C)C#N)cc2)cc1F. The first-order valence-corrected chi connectivity index (χ1v) is 10.2. The molecule has 154 valence electrons. The second-order valence-electron chi connectivity index (χ2n) is 7.02. The Morgan fingerprint density at radius 2 is 1.69 bits per heavy atom. The normalized spacial score (nSPS) is 11.5. The third-order valence-electron chi connectivity index (χ3n) is 4.61. The monoisotopic (exact) mass is 397 g/mol. The molecule has 1 atom stereocenters. The summed E-state index contributed by atoms with van der Waals surface area (Å²) in [6, 6.07) is 13.4. The van der Waals surface area contributed by atoms with Crippen LogP contribution in [0.5, 0.6) is 5.75 Å². The van der Waals surface area contributed by atoms with Crippen molar-refractivity contribution in [2.24, 2.45) is 0 Å². The van der Waals surface area contributed by atoms with Gasteiger partial charge in [0.1, 0.15) is 6.07 Å². The number of ether oxygens (including phenoxy) is 2. The molecule has 0 aliphatic carbocycles. The quantitative estimate of drug-likeness (QED) is 0.330. The summed E-state index contributed by atoms with van der Waals surface area (Å²) in [5.41, 5.74) is 1.81. The number of halogens is 1. The maximum absolute atomic E-state index is 14.4. The van der Waals surface area contributed by atoms with Crippen LogP contribution >= 0.6 is 0 Å². The van der Waals surface area contributed by atoms with Gasteiger partial charge in [-0.1, -0.05) is 57.2 Å². The molecule has 0 N–H and O–H groups in total. The summed E-state index contributed by atoms with van der Waals surface area (Å²) in [4.78, 5) is 11.9. The Hall–Kier alpha value is -2.87. The first-order chi connectivity index (χ1) is 14.0. The van der Waals surface area contributed by atoms with Crippen molar-refractivity contribution in [3.05, 3.63) is 53.8 Å². The molecule has 2 aromatic rings. The van der Waals surface area contributed by atoms with Gasteiger partial charge in [0.25, 0.3) is 0 Å². The van der Waals surface area contributed by atoms with Crippen LogP contribution in [0.1, 0.15) is 62.7 Å². The average molecular weight is 397 g/mol. The Morgan fingerprint density at radius 3 is 2.34 bits per heavy atom. The van der Waals surface area contributed by atoms with Gasteiger partial charge in [-0.05, 0) is 48.7 Å². The number of carbonyl (C=O) groups is 1. The van der Waals surface area contributed by atoms with E-state index in [1.165, 1.54) is 38.7 Å². The summed E-state index contributed by atoms with van der Waals surface area (Å²) >= 11 is 0. The summed E-state index contributed by atoms with van der Waals surface area (Å²) in [5.74, 6) is -0.706. The number of nitriles is 1. The number of benzene rings is 2. The molecule has 2 rings (SSSR count). The van der Waals surface area contributed by atoms with Gasteiger partial charge in [0.05, 0.1) is 12.2 Å². The van der Waals surface area contributed by atoms with Crippen LogP contribution in [0.15, 0.2) is 42.5 Å². The highest BCUT2D eigenvalue weighted by atomic mass is 19.1. The van der Waals surface area contributed by atoms with Crippen molar-refractivity contribution < 1.29 is 18.7 Å². The fraction of sp³-hybridized carbons (Fsp3) is 0.417. The Morgan fingerprint density at radius 1 is 1.03 bits per heavy atom. The molecule has 0 saturated carbocycles. The summed E-state index contributed by atoms with van der Waals surface area (Å²) < 4.78 is 24.9. The lowest BCUT2D eigenvalue weighted by Crippen LogP contribution is -2.12. The lowest BCUT2D eigenvalue weighted by Gasteiger charge is -2.10. The van der Waals surface area contributed by atoms with Gasteiger partial charge in [0.2, 0.25) is 0 Å². The van der Waals surface area contributed by atoms with E-state index in [1.54, 1.807) is 36.4 Å². The lowest BCUT2D eigenvalue weighted by atomic mass is 10.0. The zero-order valence-corrected chi connectivity index (χ0v) is 17.1. The molecule has 0 aliphatic rings. The minimum atomic E-state index is -0.805. The topological polar surface area (TPSA) is 59.3 Å². The van der Waals surface area contributed by atoms with Gasteiger partial charge in [-0.15, -0.1) is 0 Å². The summed E-state index contributed by atoms with van der Waals surface area (Å²) in [7, 11) is 0. The minimum Gasteiger partial charge on any atom is -0.491 e. The Balaban J connectivity index is 1.91. The maximum Gasteiger partial charge on any atom is 0.339 e. The molecule has 29 heavy (non-hydrogen) atoms. The molecule has 5 heteroatoms. The number of nitrogens with zero attached hydrogens (tertiary/aromatic N) is 1. The van der Waals surface area contributed by atoms with E-state index >= 15 is 0 Å². The van der Waals surface area contributed by atoms with Crippen LogP contribution in [0.25, 0.3) is 11.1 Å². The second-order valence-corrected chi connectivity index (χ2v) is 7.02. The van der Waals surface area contributed by atoms with Crippen molar-refractivity contribution in [1.82, 2.24) is 0 Å². The van der Waals surface area contributed by atoms with E-state index in [2.05, 4.69) is 6.92 Å². The zero-order valence-electron chi connectivity index (χ0n) is 17.1. The van der Waals surface area contributed by atoms with E-state index in [0.29, 0.717) is 17.7 Å². The van der Waals surface area contributed by atoms with Crippen molar-refractivity contribution >= 4 is 5.97 Å². The molecule has 0 heterocycles. The highest BCUT2D eigenvalue weighted by Crippen LogP contribution is 2.26.